The van der Waals surface area contributed by atoms with Crippen molar-refractivity contribution in [1.82, 2.24) is 5.32 Å². The van der Waals surface area contributed by atoms with E-state index in [4.69, 9.17) is 5.11 Å². The highest BCUT2D eigenvalue weighted by atomic mass is 16.4. The lowest BCUT2D eigenvalue weighted by molar-refractivity contribution is -0.137. The zero-order valence-electron chi connectivity index (χ0n) is 12.7. The molecule has 0 aromatic heterocycles. The number of hydrogen-bond acceptors (Lipinski definition) is 2. The van der Waals surface area contributed by atoms with Gasteiger partial charge in [-0.15, -0.1) is 0 Å². The fourth-order valence-electron chi connectivity index (χ4n) is 2.29. The number of carboxylic acids is 1. The van der Waals surface area contributed by atoms with Crippen molar-refractivity contribution in [3.05, 3.63) is 70.8 Å². The van der Waals surface area contributed by atoms with E-state index in [1.54, 1.807) is 12.1 Å². The van der Waals surface area contributed by atoms with Crippen molar-refractivity contribution >= 4 is 11.9 Å². The number of amides is 1. The van der Waals surface area contributed by atoms with Crippen molar-refractivity contribution in [1.29, 1.82) is 0 Å². The fourth-order valence-corrected chi connectivity index (χ4v) is 2.29. The Morgan fingerprint density at radius 2 is 1.68 bits per heavy atom. The smallest absolute Gasteiger partial charge is 0.305 e. The maximum absolute atomic E-state index is 12.4. The van der Waals surface area contributed by atoms with E-state index in [9.17, 15) is 9.59 Å². The van der Waals surface area contributed by atoms with Gasteiger partial charge in [0.05, 0.1) is 12.5 Å². The fraction of sp³-hybridized carbons (Fsp3) is 0.222. The quantitative estimate of drug-likeness (QED) is 0.890. The molecule has 1 amide bonds. The summed E-state index contributed by atoms with van der Waals surface area (Å²) in [6.07, 6.45) is -0.152. The van der Waals surface area contributed by atoms with Gasteiger partial charge in [-0.2, -0.15) is 0 Å². The van der Waals surface area contributed by atoms with Gasteiger partial charge >= 0.3 is 5.97 Å². The predicted octanol–water partition coefficient (Wildman–Crippen LogP) is 3.25. The zero-order chi connectivity index (χ0) is 16.1. The van der Waals surface area contributed by atoms with Crippen LogP contribution in [0.4, 0.5) is 0 Å². The van der Waals surface area contributed by atoms with Gasteiger partial charge in [0, 0.05) is 5.56 Å². The molecule has 0 heterocycles. The normalized spacial score (nSPS) is 11.7. The van der Waals surface area contributed by atoms with Crippen LogP contribution in [0.2, 0.25) is 0 Å². The number of hydrogen-bond donors (Lipinski definition) is 2. The summed E-state index contributed by atoms with van der Waals surface area (Å²) in [5.74, 6) is -1.21. The van der Waals surface area contributed by atoms with Crippen LogP contribution in [0.25, 0.3) is 0 Å². The first-order valence-electron chi connectivity index (χ1n) is 7.12. The largest absolute Gasteiger partial charge is 0.481 e. The Hall–Kier alpha value is -2.62. The maximum Gasteiger partial charge on any atom is 0.305 e. The Labute approximate surface area is 129 Å². The number of carbonyl (C=O) groups is 2. The average Bonchev–Trinajstić information content (AvgIpc) is 2.47. The number of rotatable bonds is 5. The van der Waals surface area contributed by atoms with Crippen LogP contribution in [0.15, 0.2) is 48.5 Å². The van der Waals surface area contributed by atoms with E-state index in [1.165, 1.54) is 0 Å². The summed E-state index contributed by atoms with van der Waals surface area (Å²) in [7, 11) is 0. The summed E-state index contributed by atoms with van der Waals surface area (Å²) in [5.41, 5.74) is 3.29. The molecule has 0 saturated heterocycles. The third kappa shape index (κ3) is 3.95. The van der Waals surface area contributed by atoms with E-state index < -0.39 is 12.0 Å². The van der Waals surface area contributed by atoms with Crippen LogP contribution >= 0.6 is 0 Å². The topological polar surface area (TPSA) is 66.4 Å². The molecule has 0 aliphatic rings. The molecule has 1 atom stereocenters. The summed E-state index contributed by atoms with van der Waals surface area (Å²) in [4.78, 5) is 23.5. The molecular weight excluding hydrogens is 278 g/mol. The van der Waals surface area contributed by atoms with Crippen LogP contribution in [0, 0.1) is 13.8 Å². The monoisotopic (exact) mass is 297 g/mol. The van der Waals surface area contributed by atoms with Gasteiger partial charge in [-0.1, -0.05) is 48.0 Å². The third-order valence-electron chi connectivity index (χ3n) is 3.55. The minimum Gasteiger partial charge on any atom is -0.481 e. The first kappa shape index (κ1) is 15.8. The van der Waals surface area contributed by atoms with Crippen molar-refractivity contribution in [2.24, 2.45) is 0 Å². The van der Waals surface area contributed by atoms with Gasteiger partial charge in [0.1, 0.15) is 0 Å². The standard InChI is InChI=1S/C18H19NO3/c1-12-7-9-14(10-8-12)16(11-17(20)21)19-18(22)15-6-4-3-5-13(15)2/h3-10,16H,11H2,1-2H3,(H,19,22)(H,20,21). The summed E-state index contributed by atoms with van der Waals surface area (Å²) in [6, 6.07) is 14.2. The number of carbonyl (C=O) groups excluding carboxylic acids is 1. The molecule has 0 aliphatic carbocycles. The molecule has 1 unspecified atom stereocenters. The molecule has 0 saturated carbocycles. The van der Waals surface area contributed by atoms with Crippen molar-refractivity contribution < 1.29 is 14.7 Å². The van der Waals surface area contributed by atoms with Crippen molar-refractivity contribution in [3.63, 3.8) is 0 Å². The average molecular weight is 297 g/mol. The number of benzene rings is 2. The zero-order valence-corrected chi connectivity index (χ0v) is 12.7. The number of aliphatic carboxylic acids is 1. The molecule has 0 bridgehead atoms. The van der Waals surface area contributed by atoms with Crippen molar-refractivity contribution in [3.8, 4) is 0 Å². The van der Waals surface area contributed by atoms with E-state index in [0.29, 0.717) is 5.56 Å². The van der Waals surface area contributed by atoms with Crippen LogP contribution in [-0.4, -0.2) is 17.0 Å². The molecule has 0 spiro atoms. The van der Waals surface area contributed by atoms with E-state index in [2.05, 4.69) is 5.32 Å². The Morgan fingerprint density at radius 1 is 1.05 bits per heavy atom. The molecule has 4 heteroatoms. The molecule has 0 radical (unpaired) electrons. The van der Waals surface area contributed by atoms with Crippen LogP contribution in [0.3, 0.4) is 0 Å². The lowest BCUT2D eigenvalue weighted by Crippen LogP contribution is -2.30. The highest BCUT2D eigenvalue weighted by Crippen LogP contribution is 2.19. The predicted molar refractivity (Wildman–Crippen MR) is 84.8 cm³/mol. The molecule has 0 fully saturated rings. The lowest BCUT2D eigenvalue weighted by atomic mass is 10.0. The van der Waals surface area contributed by atoms with Crippen LogP contribution in [-0.2, 0) is 4.79 Å². The second-order valence-corrected chi connectivity index (χ2v) is 5.35. The van der Waals surface area contributed by atoms with Crippen LogP contribution < -0.4 is 5.32 Å². The van der Waals surface area contributed by atoms with Crippen molar-refractivity contribution in [2.45, 2.75) is 26.3 Å². The molecular formula is C18H19NO3. The number of carboxylic acid groups (broad SMARTS) is 1. The lowest BCUT2D eigenvalue weighted by Gasteiger charge is -2.18. The Morgan fingerprint density at radius 3 is 2.27 bits per heavy atom. The van der Waals surface area contributed by atoms with Crippen LogP contribution in [0.1, 0.15) is 39.5 Å². The molecule has 114 valence electrons. The van der Waals surface area contributed by atoms with Gasteiger partial charge in [0.2, 0.25) is 0 Å². The summed E-state index contributed by atoms with van der Waals surface area (Å²) in [6.45, 7) is 3.81. The molecule has 4 nitrogen and oxygen atoms in total. The highest BCUT2D eigenvalue weighted by Gasteiger charge is 2.19. The minimum absolute atomic E-state index is 0.152. The van der Waals surface area contributed by atoms with Gasteiger partial charge in [-0.05, 0) is 31.0 Å². The second kappa shape index (κ2) is 6.89. The Balaban J connectivity index is 2.23. The SMILES string of the molecule is Cc1ccc(C(CC(=O)O)NC(=O)c2ccccc2C)cc1. The molecule has 2 aromatic rings. The molecule has 22 heavy (non-hydrogen) atoms. The first-order valence-corrected chi connectivity index (χ1v) is 7.12. The third-order valence-corrected chi connectivity index (χ3v) is 3.55. The van der Waals surface area contributed by atoms with E-state index >= 15 is 0 Å². The number of nitrogens with one attached hydrogen (secondary N) is 1. The molecule has 0 aliphatic heterocycles. The molecule has 2 aromatic carbocycles. The van der Waals surface area contributed by atoms with Gasteiger partial charge in [0.15, 0.2) is 0 Å². The highest BCUT2D eigenvalue weighted by molar-refractivity contribution is 5.96. The number of aryl methyl sites for hydroxylation is 2. The maximum atomic E-state index is 12.4. The molecule has 2 rings (SSSR count). The first-order chi connectivity index (χ1) is 10.5. The minimum atomic E-state index is -0.948. The van der Waals surface area contributed by atoms with E-state index in [-0.39, 0.29) is 12.3 Å². The Kier molecular flexibility index (Phi) is 4.94. The van der Waals surface area contributed by atoms with Crippen LogP contribution in [0.5, 0.6) is 0 Å². The van der Waals surface area contributed by atoms with Gasteiger partial charge < -0.3 is 10.4 Å². The summed E-state index contributed by atoms with van der Waals surface area (Å²) < 4.78 is 0. The van der Waals surface area contributed by atoms with E-state index in [1.807, 2.05) is 50.2 Å². The van der Waals surface area contributed by atoms with Gasteiger partial charge in [-0.3, -0.25) is 9.59 Å². The van der Waals surface area contributed by atoms with Crippen molar-refractivity contribution in [2.75, 3.05) is 0 Å². The van der Waals surface area contributed by atoms with E-state index in [0.717, 1.165) is 16.7 Å². The summed E-state index contributed by atoms with van der Waals surface area (Å²) in [5, 5.41) is 11.9. The Bertz CT molecular complexity index is 677. The summed E-state index contributed by atoms with van der Waals surface area (Å²) >= 11 is 0. The van der Waals surface area contributed by atoms with Gasteiger partial charge in [-0.25, -0.2) is 0 Å². The molecule has 2 N–H and O–H groups in total. The van der Waals surface area contributed by atoms with Gasteiger partial charge in [0.25, 0.3) is 5.91 Å². The second-order valence-electron chi connectivity index (χ2n) is 5.35.